The highest BCUT2D eigenvalue weighted by molar-refractivity contribution is 5.01. The fourth-order valence-electron chi connectivity index (χ4n) is 2.69. The van der Waals surface area contributed by atoms with Crippen molar-refractivity contribution in [2.45, 2.75) is 31.9 Å². The Hall–Kier alpha value is -0.980. The van der Waals surface area contributed by atoms with Crippen LogP contribution in [0.15, 0.2) is 4.52 Å². The third-order valence-corrected chi connectivity index (χ3v) is 3.94. The zero-order valence-corrected chi connectivity index (χ0v) is 10.7. The highest BCUT2D eigenvalue weighted by Crippen LogP contribution is 2.26. The molecule has 2 unspecified atom stereocenters. The highest BCUT2D eigenvalue weighted by atomic mass is 16.5. The fraction of sp³-hybridized carbons (Fsp3) is 0.833. The summed E-state index contributed by atoms with van der Waals surface area (Å²) in [7, 11) is 0. The van der Waals surface area contributed by atoms with Gasteiger partial charge in [-0.25, -0.2) is 0 Å². The molecule has 2 atom stereocenters. The third kappa shape index (κ3) is 2.28. The van der Waals surface area contributed by atoms with Crippen LogP contribution in [-0.4, -0.2) is 63.9 Å². The lowest BCUT2D eigenvalue weighted by Crippen LogP contribution is -2.57. The van der Waals surface area contributed by atoms with E-state index in [9.17, 15) is 5.11 Å². The van der Waals surface area contributed by atoms with Gasteiger partial charge in [-0.15, -0.1) is 0 Å². The van der Waals surface area contributed by atoms with Gasteiger partial charge in [-0.1, -0.05) is 12.1 Å². The number of rotatable bonds is 4. The molecule has 3 fully saturated rings. The van der Waals surface area contributed by atoms with Crippen LogP contribution in [0.4, 0.5) is 0 Å². The third-order valence-electron chi connectivity index (χ3n) is 3.94. The summed E-state index contributed by atoms with van der Waals surface area (Å²) in [4.78, 5) is 9.30. The summed E-state index contributed by atoms with van der Waals surface area (Å²) in [6.45, 7) is 7.42. The quantitative estimate of drug-likeness (QED) is 0.817. The topological polar surface area (TPSA) is 65.6 Å². The summed E-state index contributed by atoms with van der Waals surface area (Å²) >= 11 is 0. The molecule has 3 aliphatic heterocycles. The number of piperazine rings is 3. The van der Waals surface area contributed by atoms with Crippen LogP contribution >= 0.6 is 0 Å². The van der Waals surface area contributed by atoms with Crippen molar-refractivity contribution >= 4 is 0 Å². The maximum absolute atomic E-state index is 9.59. The number of aliphatic hydroxyl groups excluding tert-OH is 1. The van der Waals surface area contributed by atoms with E-state index in [-0.39, 0.29) is 12.1 Å². The van der Waals surface area contributed by atoms with Gasteiger partial charge in [0.2, 0.25) is 5.89 Å². The number of hydrogen-bond acceptors (Lipinski definition) is 6. The molecule has 0 saturated carbocycles. The molecule has 0 radical (unpaired) electrons. The number of hydrogen-bond donors (Lipinski definition) is 1. The van der Waals surface area contributed by atoms with Gasteiger partial charge in [-0.05, 0) is 6.42 Å². The van der Waals surface area contributed by atoms with Crippen LogP contribution in [0.5, 0.6) is 0 Å². The van der Waals surface area contributed by atoms with Gasteiger partial charge >= 0.3 is 0 Å². The molecule has 18 heavy (non-hydrogen) atoms. The Labute approximate surface area is 107 Å². The Kier molecular flexibility index (Phi) is 3.32. The largest absolute Gasteiger partial charge is 0.393 e. The minimum Gasteiger partial charge on any atom is -0.393 e. The molecule has 2 bridgehead atoms. The second-order valence-electron chi connectivity index (χ2n) is 5.16. The lowest BCUT2D eigenvalue weighted by atomic mass is 10.1. The van der Waals surface area contributed by atoms with Crippen molar-refractivity contribution in [3.8, 4) is 0 Å². The minimum absolute atomic E-state index is 0.267. The molecule has 1 aromatic heterocycles. The Balaban J connectivity index is 1.69. The molecule has 1 N–H and O–H groups in total. The predicted octanol–water partition coefficient (Wildman–Crippen LogP) is 0.0553. The van der Waals surface area contributed by atoms with Gasteiger partial charge in [-0.2, -0.15) is 4.98 Å². The molecule has 4 rings (SSSR count). The first-order valence-corrected chi connectivity index (χ1v) is 6.73. The van der Waals surface area contributed by atoms with E-state index in [4.69, 9.17) is 4.52 Å². The van der Waals surface area contributed by atoms with Gasteiger partial charge in [-0.3, -0.25) is 9.80 Å². The van der Waals surface area contributed by atoms with E-state index in [1.807, 2.05) is 6.92 Å². The maximum Gasteiger partial charge on any atom is 0.229 e. The predicted molar refractivity (Wildman–Crippen MR) is 65.1 cm³/mol. The monoisotopic (exact) mass is 252 g/mol. The van der Waals surface area contributed by atoms with E-state index < -0.39 is 0 Å². The van der Waals surface area contributed by atoms with Crippen LogP contribution in [0, 0.1) is 0 Å². The van der Waals surface area contributed by atoms with E-state index >= 15 is 0 Å². The highest BCUT2D eigenvalue weighted by Gasteiger charge is 2.35. The summed E-state index contributed by atoms with van der Waals surface area (Å²) < 4.78 is 5.23. The molecule has 3 saturated heterocycles. The summed E-state index contributed by atoms with van der Waals surface area (Å²) in [5.41, 5.74) is 0. The van der Waals surface area contributed by atoms with Crippen LogP contribution in [0.2, 0.25) is 0 Å². The van der Waals surface area contributed by atoms with E-state index in [0.717, 1.165) is 38.5 Å². The van der Waals surface area contributed by atoms with Gasteiger partial charge in [0.15, 0.2) is 5.82 Å². The number of aromatic nitrogens is 2. The van der Waals surface area contributed by atoms with Crippen molar-refractivity contribution in [3.63, 3.8) is 0 Å². The fourth-order valence-corrected chi connectivity index (χ4v) is 2.69. The van der Waals surface area contributed by atoms with Gasteiger partial charge < -0.3 is 9.63 Å². The molecule has 4 heterocycles. The van der Waals surface area contributed by atoms with E-state index in [2.05, 4.69) is 19.9 Å². The Morgan fingerprint density at radius 1 is 1.39 bits per heavy atom. The van der Waals surface area contributed by atoms with Crippen LogP contribution in [0.1, 0.15) is 31.1 Å². The van der Waals surface area contributed by atoms with E-state index in [0.29, 0.717) is 18.7 Å². The molecule has 0 spiro atoms. The molecule has 100 valence electrons. The second kappa shape index (κ2) is 4.95. The SMILES string of the molecule is CCC(O)Cc1nc(C2CN3CCN2CC3)no1. The second-order valence-corrected chi connectivity index (χ2v) is 5.16. The van der Waals surface area contributed by atoms with Crippen LogP contribution in [-0.2, 0) is 6.42 Å². The van der Waals surface area contributed by atoms with Crippen molar-refractivity contribution in [2.75, 3.05) is 32.7 Å². The van der Waals surface area contributed by atoms with E-state index in [1.165, 1.54) is 0 Å². The molecule has 6 nitrogen and oxygen atoms in total. The molecule has 6 heteroatoms. The Morgan fingerprint density at radius 3 is 2.78 bits per heavy atom. The first-order valence-electron chi connectivity index (χ1n) is 6.73. The zero-order chi connectivity index (χ0) is 12.5. The van der Waals surface area contributed by atoms with Crippen LogP contribution < -0.4 is 0 Å². The molecule has 0 aliphatic carbocycles. The van der Waals surface area contributed by atoms with Gasteiger partial charge in [0, 0.05) is 32.7 Å². The maximum atomic E-state index is 9.59. The minimum atomic E-state index is -0.384. The lowest BCUT2D eigenvalue weighted by molar-refractivity contribution is 0.00781. The lowest BCUT2D eigenvalue weighted by Gasteiger charge is -2.46. The summed E-state index contributed by atoms with van der Waals surface area (Å²) in [6, 6.07) is 0.267. The van der Waals surface area contributed by atoms with E-state index in [1.54, 1.807) is 0 Å². The van der Waals surface area contributed by atoms with Crippen LogP contribution in [0.3, 0.4) is 0 Å². The summed E-state index contributed by atoms with van der Waals surface area (Å²) in [6.07, 6.45) is 0.784. The van der Waals surface area contributed by atoms with Crippen LogP contribution in [0.25, 0.3) is 0 Å². The number of nitrogens with zero attached hydrogens (tertiary/aromatic N) is 4. The average Bonchev–Trinajstić information content (AvgIpc) is 2.88. The zero-order valence-electron chi connectivity index (χ0n) is 10.7. The Bertz CT molecular complexity index is 401. The number of fused-ring (bicyclic) bond motifs is 3. The first kappa shape index (κ1) is 12.1. The summed E-state index contributed by atoms with van der Waals surface area (Å²) in [5.74, 6) is 1.33. The standard InChI is InChI=1S/C12H20N4O2/c1-2-9(17)7-11-13-12(14-18-11)10-8-15-3-5-16(10)6-4-15/h9-10,17H,2-8H2,1H3. The summed E-state index contributed by atoms with van der Waals surface area (Å²) in [5, 5.41) is 13.7. The molecule has 1 aromatic rings. The Morgan fingerprint density at radius 2 is 2.17 bits per heavy atom. The normalized spacial score (nSPS) is 32.7. The van der Waals surface area contributed by atoms with Crippen molar-refractivity contribution in [2.24, 2.45) is 0 Å². The van der Waals surface area contributed by atoms with Gasteiger partial charge in [0.05, 0.1) is 18.6 Å². The van der Waals surface area contributed by atoms with Gasteiger partial charge in [0.25, 0.3) is 0 Å². The number of aliphatic hydroxyl groups is 1. The van der Waals surface area contributed by atoms with Crippen molar-refractivity contribution in [3.05, 3.63) is 11.7 Å². The van der Waals surface area contributed by atoms with Crippen molar-refractivity contribution < 1.29 is 9.63 Å². The molecule has 0 aromatic carbocycles. The average molecular weight is 252 g/mol. The molecular formula is C12H20N4O2. The molecule has 3 aliphatic rings. The van der Waals surface area contributed by atoms with Crippen molar-refractivity contribution in [1.29, 1.82) is 0 Å². The smallest absolute Gasteiger partial charge is 0.229 e. The first-order chi connectivity index (χ1) is 8.76. The molecular weight excluding hydrogens is 232 g/mol. The molecule has 0 amide bonds. The van der Waals surface area contributed by atoms with Crippen molar-refractivity contribution in [1.82, 2.24) is 19.9 Å². The van der Waals surface area contributed by atoms with Gasteiger partial charge in [0.1, 0.15) is 0 Å².